The van der Waals surface area contributed by atoms with Crippen molar-refractivity contribution in [3.63, 3.8) is 0 Å². The normalized spacial score (nSPS) is 20.0. The van der Waals surface area contributed by atoms with Gasteiger partial charge in [0.25, 0.3) is 0 Å². The zero-order valence-electron chi connectivity index (χ0n) is 9.14. The second-order valence-electron chi connectivity index (χ2n) is 4.40. The number of anilines is 1. The van der Waals surface area contributed by atoms with Crippen LogP contribution in [0.25, 0.3) is 0 Å². The number of rotatable bonds is 2. The zero-order valence-corrected chi connectivity index (χ0v) is 9.14. The van der Waals surface area contributed by atoms with Gasteiger partial charge in [0, 0.05) is 12.2 Å². The van der Waals surface area contributed by atoms with E-state index < -0.39 is 0 Å². The van der Waals surface area contributed by atoms with E-state index in [1.54, 1.807) is 0 Å². The Hall–Kier alpha value is -0.980. The van der Waals surface area contributed by atoms with Gasteiger partial charge >= 0.3 is 0 Å². The molecule has 0 saturated heterocycles. The molecular formula is C13H19N. The van der Waals surface area contributed by atoms with Gasteiger partial charge < -0.3 is 5.32 Å². The molecule has 1 unspecified atom stereocenters. The lowest BCUT2D eigenvalue weighted by Crippen LogP contribution is -2.22. The number of benzene rings is 1. The molecule has 0 saturated carbocycles. The first-order valence-corrected chi connectivity index (χ1v) is 5.63. The van der Waals surface area contributed by atoms with E-state index in [2.05, 4.69) is 37.4 Å². The van der Waals surface area contributed by atoms with Crippen LogP contribution in [0.15, 0.2) is 18.2 Å². The van der Waals surface area contributed by atoms with Crippen molar-refractivity contribution in [1.29, 1.82) is 0 Å². The Labute approximate surface area is 86.5 Å². The Morgan fingerprint density at radius 2 is 2.29 bits per heavy atom. The molecule has 0 radical (unpaired) electrons. The Bertz CT molecular complexity index is 317. The number of hydrogen-bond donors (Lipinski definition) is 1. The predicted molar refractivity (Wildman–Crippen MR) is 61.8 cm³/mol. The summed E-state index contributed by atoms with van der Waals surface area (Å²) in [5, 5.41) is 3.54. The lowest BCUT2D eigenvalue weighted by atomic mass is 9.90. The second kappa shape index (κ2) is 4.04. The van der Waals surface area contributed by atoms with Crippen molar-refractivity contribution in [2.45, 2.75) is 33.1 Å². The van der Waals surface area contributed by atoms with Gasteiger partial charge in [0.05, 0.1) is 0 Å². The van der Waals surface area contributed by atoms with Crippen molar-refractivity contribution in [2.75, 3.05) is 11.9 Å². The van der Waals surface area contributed by atoms with Crippen LogP contribution in [0.4, 0.5) is 5.69 Å². The zero-order chi connectivity index (χ0) is 9.97. The third kappa shape index (κ3) is 1.92. The molecule has 1 aliphatic heterocycles. The maximum absolute atomic E-state index is 3.54. The Morgan fingerprint density at radius 1 is 1.43 bits per heavy atom. The summed E-state index contributed by atoms with van der Waals surface area (Å²) in [5.74, 6) is 0.843. The van der Waals surface area contributed by atoms with E-state index in [0.29, 0.717) is 0 Å². The molecule has 0 fully saturated rings. The highest BCUT2D eigenvalue weighted by molar-refractivity contribution is 5.55. The van der Waals surface area contributed by atoms with Gasteiger partial charge in [-0.05, 0) is 42.9 Å². The van der Waals surface area contributed by atoms with Crippen molar-refractivity contribution >= 4 is 5.69 Å². The van der Waals surface area contributed by atoms with Crippen LogP contribution >= 0.6 is 0 Å². The van der Waals surface area contributed by atoms with Crippen molar-refractivity contribution in [3.05, 3.63) is 29.3 Å². The fourth-order valence-corrected chi connectivity index (χ4v) is 2.28. The number of aryl methyl sites for hydroxylation is 1. The molecule has 0 aliphatic carbocycles. The van der Waals surface area contributed by atoms with E-state index in [9.17, 15) is 0 Å². The first-order chi connectivity index (χ1) is 6.79. The largest absolute Gasteiger partial charge is 0.385 e. The van der Waals surface area contributed by atoms with Crippen LogP contribution in [0, 0.1) is 12.8 Å². The Kier molecular flexibility index (Phi) is 2.76. The van der Waals surface area contributed by atoms with E-state index in [-0.39, 0.29) is 0 Å². The summed E-state index contributed by atoms with van der Waals surface area (Å²) in [5.41, 5.74) is 4.21. The molecule has 14 heavy (non-hydrogen) atoms. The summed E-state index contributed by atoms with van der Waals surface area (Å²) in [4.78, 5) is 0. The van der Waals surface area contributed by atoms with Gasteiger partial charge in [0.2, 0.25) is 0 Å². The minimum atomic E-state index is 0.843. The van der Waals surface area contributed by atoms with Gasteiger partial charge in [-0.2, -0.15) is 0 Å². The number of nitrogens with one attached hydrogen (secondary N) is 1. The van der Waals surface area contributed by atoms with Gasteiger partial charge in [-0.1, -0.05) is 25.5 Å². The van der Waals surface area contributed by atoms with Crippen molar-refractivity contribution < 1.29 is 0 Å². The molecule has 1 aliphatic rings. The molecule has 76 valence electrons. The highest BCUT2D eigenvalue weighted by Gasteiger charge is 2.16. The van der Waals surface area contributed by atoms with Gasteiger partial charge in [0.1, 0.15) is 0 Å². The maximum Gasteiger partial charge on any atom is 0.0375 e. The van der Waals surface area contributed by atoms with E-state index in [1.807, 2.05) is 0 Å². The van der Waals surface area contributed by atoms with Crippen molar-refractivity contribution in [2.24, 2.45) is 5.92 Å². The van der Waals surface area contributed by atoms with Gasteiger partial charge in [-0.3, -0.25) is 0 Å². The molecule has 1 heterocycles. The number of hydrogen-bond acceptors (Lipinski definition) is 1. The molecule has 1 aromatic rings. The molecule has 1 aromatic carbocycles. The molecule has 0 spiro atoms. The van der Waals surface area contributed by atoms with Gasteiger partial charge in [0.15, 0.2) is 0 Å². The molecule has 0 bridgehead atoms. The Morgan fingerprint density at radius 3 is 3.07 bits per heavy atom. The highest BCUT2D eigenvalue weighted by Crippen LogP contribution is 2.27. The average molecular weight is 189 g/mol. The van der Waals surface area contributed by atoms with Crippen LogP contribution in [-0.2, 0) is 6.42 Å². The molecule has 1 heteroatoms. The predicted octanol–water partition coefficient (Wildman–Crippen LogP) is 3.38. The fourth-order valence-electron chi connectivity index (χ4n) is 2.28. The Balaban J connectivity index is 2.15. The summed E-state index contributed by atoms with van der Waals surface area (Å²) in [6.07, 6.45) is 3.91. The first-order valence-electron chi connectivity index (χ1n) is 5.63. The van der Waals surface area contributed by atoms with Crippen LogP contribution in [0.1, 0.15) is 30.9 Å². The summed E-state index contributed by atoms with van der Waals surface area (Å²) < 4.78 is 0. The molecule has 1 atom stereocenters. The van der Waals surface area contributed by atoms with E-state index in [4.69, 9.17) is 0 Å². The second-order valence-corrected chi connectivity index (χ2v) is 4.40. The number of fused-ring (bicyclic) bond motifs is 1. The molecule has 2 rings (SSSR count). The molecule has 0 amide bonds. The topological polar surface area (TPSA) is 12.0 Å². The SMILES string of the molecule is CCCC1CNc2cc(C)ccc2C1. The van der Waals surface area contributed by atoms with E-state index in [0.717, 1.165) is 12.5 Å². The minimum Gasteiger partial charge on any atom is -0.385 e. The molecule has 1 nitrogen and oxygen atoms in total. The third-order valence-corrected chi connectivity index (χ3v) is 3.05. The molecular weight excluding hydrogens is 170 g/mol. The van der Waals surface area contributed by atoms with Crippen LogP contribution in [0.2, 0.25) is 0 Å². The fraction of sp³-hybridized carbons (Fsp3) is 0.538. The minimum absolute atomic E-state index is 0.843. The lowest BCUT2D eigenvalue weighted by Gasteiger charge is -2.26. The summed E-state index contributed by atoms with van der Waals surface area (Å²) in [6.45, 7) is 5.58. The molecule has 1 N–H and O–H groups in total. The quantitative estimate of drug-likeness (QED) is 0.752. The van der Waals surface area contributed by atoms with E-state index >= 15 is 0 Å². The van der Waals surface area contributed by atoms with Gasteiger partial charge in [-0.15, -0.1) is 0 Å². The van der Waals surface area contributed by atoms with Crippen molar-refractivity contribution in [1.82, 2.24) is 0 Å². The summed E-state index contributed by atoms with van der Waals surface area (Å²) >= 11 is 0. The summed E-state index contributed by atoms with van der Waals surface area (Å²) in [7, 11) is 0. The highest BCUT2D eigenvalue weighted by atomic mass is 14.9. The monoisotopic (exact) mass is 189 g/mol. The smallest absolute Gasteiger partial charge is 0.0375 e. The maximum atomic E-state index is 3.54. The average Bonchev–Trinajstić information content (AvgIpc) is 2.19. The third-order valence-electron chi connectivity index (χ3n) is 3.05. The molecule has 0 aromatic heterocycles. The standard InChI is InChI=1S/C13H19N/c1-3-4-11-8-12-6-5-10(2)7-13(12)14-9-11/h5-7,11,14H,3-4,8-9H2,1-2H3. The lowest BCUT2D eigenvalue weighted by molar-refractivity contribution is 0.489. The van der Waals surface area contributed by atoms with Crippen LogP contribution in [0.5, 0.6) is 0 Å². The first kappa shape index (κ1) is 9.57. The van der Waals surface area contributed by atoms with Crippen LogP contribution in [0.3, 0.4) is 0 Å². The summed E-state index contributed by atoms with van der Waals surface area (Å²) in [6, 6.07) is 6.76. The van der Waals surface area contributed by atoms with Crippen LogP contribution in [-0.4, -0.2) is 6.54 Å². The van der Waals surface area contributed by atoms with Gasteiger partial charge in [-0.25, -0.2) is 0 Å². The van der Waals surface area contributed by atoms with Crippen molar-refractivity contribution in [3.8, 4) is 0 Å². The van der Waals surface area contributed by atoms with E-state index in [1.165, 1.54) is 36.1 Å². The van der Waals surface area contributed by atoms with Crippen LogP contribution < -0.4 is 5.32 Å².